The first-order valence-electron chi connectivity index (χ1n) is 9.47. The molecule has 1 N–H and O–H groups in total. The molecule has 0 bridgehead atoms. The van der Waals surface area contributed by atoms with Crippen molar-refractivity contribution in [1.29, 1.82) is 0 Å². The molecule has 1 heterocycles. The maximum Gasteiger partial charge on any atom is 0.437 e. The molecule has 2 aromatic carbocycles. The maximum absolute atomic E-state index is 12.3. The zero-order chi connectivity index (χ0) is 20.7. The van der Waals surface area contributed by atoms with Crippen molar-refractivity contribution in [1.82, 2.24) is 9.78 Å². The fourth-order valence-corrected chi connectivity index (χ4v) is 3.21. The quantitative estimate of drug-likeness (QED) is 0.705. The lowest BCUT2D eigenvalue weighted by atomic mass is 9.78. The number of aromatic hydroxyl groups is 1. The normalized spacial score (nSPS) is 12.4. The van der Waals surface area contributed by atoms with Crippen molar-refractivity contribution in [3.8, 4) is 17.2 Å². The summed E-state index contributed by atoms with van der Waals surface area (Å²) in [7, 11) is 0. The molecule has 5 heteroatoms. The second-order valence-corrected chi connectivity index (χ2v) is 9.24. The van der Waals surface area contributed by atoms with E-state index in [9.17, 15) is 9.90 Å². The van der Waals surface area contributed by atoms with Gasteiger partial charge >= 0.3 is 5.76 Å². The molecule has 0 aliphatic rings. The van der Waals surface area contributed by atoms with Gasteiger partial charge in [0.25, 0.3) is 0 Å². The Bertz CT molecular complexity index is 997. The Kier molecular flexibility index (Phi) is 4.96. The second kappa shape index (κ2) is 6.97. The summed E-state index contributed by atoms with van der Waals surface area (Å²) in [4.78, 5) is 12.3. The number of rotatable bonds is 3. The Balaban J connectivity index is 2.06. The third-order valence-electron chi connectivity index (χ3n) is 4.75. The summed E-state index contributed by atoms with van der Waals surface area (Å²) >= 11 is 0. The minimum absolute atomic E-state index is 0.232. The SMILES string of the molecule is CC(C)(C)c1cc(Cn2nc(-c3ccccc3)oc2=O)cc(C(C)(C)C)c1O. The van der Waals surface area contributed by atoms with Gasteiger partial charge in [0.1, 0.15) is 5.75 Å². The van der Waals surface area contributed by atoms with Crippen molar-refractivity contribution < 1.29 is 9.52 Å². The minimum atomic E-state index is -0.499. The van der Waals surface area contributed by atoms with Gasteiger partial charge in [-0.3, -0.25) is 0 Å². The summed E-state index contributed by atoms with van der Waals surface area (Å²) in [6.07, 6.45) is 0. The van der Waals surface area contributed by atoms with E-state index < -0.39 is 5.76 Å². The molecule has 0 radical (unpaired) electrons. The van der Waals surface area contributed by atoms with Crippen LogP contribution in [-0.2, 0) is 17.4 Å². The van der Waals surface area contributed by atoms with Gasteiger partial charge in [0.2, 0.25) is 5.89 Å². The molecule has 28 heavy (non-hydrogen) atoms. The first-order chi connectivity index (χ1) is 13.0. The van der Waals surface area contributed by atoms with E-state index in [-0.39, 0.29) is 17.4 Å². The summed E-state index contributed by atoms with van der Waals surface area (Å²) in [6.45, 7) is 12.7. The third-order valence-corrected chi connectivity index (χ3v) is 4.75. The van der Waals surface area contributed by atoms with Crippen LogP contribution in [0.4, 0.5) is 0 Å². The molecule has 0 unspecified atom stereocenters. The largest absolute Gasteiger partial charge is 0.507 e. The lowest BCUT2D eigenvalue weighted by Crippen LogP contribution is -2.20. The third kappa shape index (κ3) is 4.03. The Morgan fingerprint density at radius 1 is 0.964 bits per heavy atom. The van der Waals surface area contributed by atoms with Crippen LogP contribution in [0, 0.1) is 0 Å². The van der Waals surface area contributed by atoms with Gasteiger partial charge in [0.05, 0.1) is 6.54 Å². The topological polar surface area (TPSA) is 68.3 Å². The number of phenolic OH excluding ortho intramolecular Hbond substituents is 1. The van der Waals surface area contributed by atoms with Crippen LogP contribution in [0.2, 0.25) is 0 Å². The fourth-order valence-electron chi connectivity index (χ4n) is 3.21. The molecule has 3 aromatic rings. The van der Waals surface area contributed by atoms with Crippen LogP contribution in [0.5, 0.6) is 5.75 Å². The predicted molar refractivity (Wildman–Crippen MR) is 111 cm³/mol. The van der Waals surface area contributed by atoms with Crippen molar-refractivity contribution in [2.75, 3.05) is 0 Å². The van der Waals surface area contributed by atoms with Gasteiger partial charge in [-0.2, -0.15) is 4.68 Å². The molecule has 0 saturated heterocycles. The van der Waals surface area contributed by atoms with Gasteiger partial charge in [-0.25, -0.2) is 4.79 Å². The molecular formula is C23H28N2O3. The summed E-state index contributed by atoms with van der Waals surface area (Å²) in [6, 6.07) is 13.3. The van der Waals surface area contributed by atoms with Crippen LogP contribution in [0.25, 0.3) is 11.5 Å². The van der Waals surface area contributed by atoms with Crippen molar-refractivity contribution >= 4 is 0 Å². The number of hydrogen-bond donors (Lipinski definition) is 1. The van der Waals surface area contributed by atoms with Gasteiger partial charge in [0, 0.05) is 5.56 Å². The number of nitrogens with zero attached hydrogens (tertiary/aromatic N) is 2. The van der Waals surface area contributed by atoms with Gasteiger partial charge in [-0.15, -0.1) is 5.10 Å². The van der Waals surface area contributed by atoms with E-state index >= 15 is 0 Å². The summed E-state index contributed by atoms with van der Waals surface area (Å²) in [5.74, 6) is 0.124. The molecule has 0 fully saturated rings. The molecule has 148 valence electrons. The maximum atomic E-state index is 12.3. The molecule has 0 amide bonds. The van der Waals surface area contributed by atoms with E-state index in [1.165, 1.54) is 4.68 Å². The zero-order valence-electron chi connectivity index (χ0n) is 17.4. The van der Waals surface area contributed by atoms with Gasteiger partial charge in [0.15, 0.2) is 0 Å². The Hall–Kier alpha value is -2.82. The molecule has 1 aromatic heterocycles. The summed E-state index contributed by atoms with van der Waals surface area (Å²) < 4.78 is 6.67. The highest BCUT2D eigenvalue weighted by Crippen LogP contribution is 2.39. The number of phenols is 1. The average Bonchev–Trinajstić information content (AvgIpc) is 2.96. The van der Waals surface area contributed by atoms with Crippen molar-refractivity contribution in [3.05, 3.63) is 69.7 Å². The number of aromatic nitrogens is 2. The lowest BCUT2D eigenvalue weighted by Gasteiger charge is -2.28. The number of hydrogen-bond acceptors (Lipinski definition) is 4. The highest BCUT2D eigenvalue weighted by molar-refractivity contribution is 5.52. The van der Waals surface area contributed by atoms with E-state index in [4.69, 9.17) is 4.42 Å². The van der Waals surface area contributed by atoms with Crippen molar-refractivity contribution in [2.24, 2.45) is 0 Å². The van der Waals surface area contributed by atoms with Gasteiger partial charge < -0.3 is 9.52 Å². The molecule has 0 atom stereocenters. The Labute approximate surface area is 165 Å². The van der Waals surface area contributed by atoms with Crippen LogP contribution >= 0.6 is 0 Å². The Morgan fingerprint density at radius 2 is 1.50 bits per heavy atom. The molecule has 0 aliphatic heterocycles. The van der Waals surface area contributed by atoms with Gasteiger partial charge in [-0.05, 0) is 51.8 Å². The predicted octanol–water partition coefficient (Wildman–Crippen LogP) is 4.85. The highest BCUT2D eigenvalue weighted by Gasteiger charge is 2.26. The first-order valence-corrected chi connectivity index (χ1v) is 9.47. The van der Waals surface area contributed by atoms with E-state index in [2.05, 4.69) is 46.6 Å². The van der Waals surface area contributed by atoms with Crippen molar-refractivity contribution in [2.45, 2.75) is 58.9 Å². The van der Waals surface area contributed by atoms with E-state index in [1.54, 1.807) is 0 Å². The molecule has 0 saturated carbocycles. The second-order valence-electron chi connectivity index (χ2n) is 9.24. The fraction of sp³-hybridized carbons (Fsp3) is 0.391. The lowest BCUT2D eigenvalue weighted by molar-refractivity contribution is 0.422. The number of benzene rings is 2. The summed E-state index contributed by atoms with van der Waals surface area (Å²) in [5.41, 5.74) is 2.91. The molecule has 0 aliphatic carbocycles. The average molecular weight is 380 g/mol. The van der Waals surface area contributed by atoms with Crippen molar-refractivity contribution in [3.63, 3.8) is 0 Å². The first kappa shape index (κ1) is 19.9. The van der Waals surface area contributed by atoms with Crippen LogP contribution in [-0.4, -0.2) is 14.9 Å². The smallest absolute Gasteiger partial charge is 0.437 e. The monoisotopic (exact) mass is 380 g/mol. The van der Waals surface area contributed by atoms with Crippen LogP contribution in [0.1, 0.15) is 58.2 Å². The molecular weight excluding hydrogens is 352 g/mol. The summed E-state index contributed by atoms with van der Waals surface area (Å²) in [5, 5.41) is 15.2. The van der Waals surface area contributed by atoms with Crippen LogP contribution < -0.4 is 5.76 Å². The zero-order valence-corrected chi connectivity index (χ0v) is 17.4. The van der Waals surface area contributed by atoms with E-state index in [1.807, 2.05) is 42.5 Å². The molecule has 3 rings (SSSR count). The Morgan fingerprint density at radius 3 is 2.00 bits per heavy atom. The minimum Gasteiger partial charge on any atom is -0.507 e. The standard InChI is InChI=1S/C23H28N2O3/c1-22(2,3)17-12-15(13-18(19(17)26)23(4,5)6)14-25-21(27)28-20(24-25)16-10-8-7-9-11-16/h7-13,26H,14H2,1-6H3. The van der Waals surface area contributed by atoms with E-state index in [0.29, 0.717) is 11.6 Å². The van der Waals surface area contributed by atoms with Crippen LogP contribution in [0.3, 0.4) is 0 Å². The molecule has 0 spiro atoms. The van der Waals surface area contributed by atoms with E-state index in [0.717, 1.165) is 22.3 Å². The molecule has 5 nitrogen and oxygen atoms in total. The van der Waals surface area contributed by atoms with Gasteiger partial charge in [-0.1, -0.05) is 59.7 Å². The highest BCUT2D eigenvalue weighted by atomic mass is 16.4. The van der Waals surface area contributed by atoms with Crippen LogP contribution in [0.15, 0.2) is 51.7 Å².